The number of hydrogen-bond donors (Lipinski definition) is 0. The topological polar surface area (TPSA) is 136 Å². The summed E-state index contributed by atoms with van der Waals surface area (Å²) in [6.07, 6.45) is 0.736. The van der Waals surface area contributed by atoms with Crippen LogP contribution in [0.1, 0.15) is 12.8 Å². The Balaban J connectivity index is 1.87. The number of hydrogen-bond acceptors (Lipinski definition) is 9. The molecule has 2 aliphatic rings. The smallest absolute Gasteiger partial charge is 0.273 e. The van der Waals surface area contributed by atoms with Crippen molar-refractivity contribution in [2.75, 3.05) is 58.0 Å². The second-order valence-electron chi connectivity index (χ2n) is 7.57. The van der Waals surface area contributed by atoms with Gasteiger partial charge >= 0.3 is 0 Å². The van der Waals surface area contributed by atoms with Crippen LogP contribution in [0, 0.1) is 10.1 Å². The lowest BCUT2D eigenvalue weighted by Crippen LogP contribution is -2.43. The fourth-order valence-electron chi connectivity index (χ4n) is 3.89. The van der Waals surface area contributed by atoms with E-state index in [2.05, 4.69) is 4.90 Å². The molecule has 0 saturated carbocycles. The van der Waals surface area contributed by atoms with Crippen molar-refractivity contribution in [1.29, 1.82) is 0 Å². The Morgan fingerprint density at radius 2 is 2.03 bits per heavy atom. The molecular weight excluding hydrogens is 450 g/mol. The molecule has 2 saturated heterocycles. The number of rotatable bonds is 9. The summed E-state index contributed by atoms with van der Waals surface area (Å²) in [4.78, 5) is 12.4. The molecule has 1 unspecified atom stereocenters. The van der Waals surface area contributed by atoms with Crippen molar-refractivity contribution in [1.82, 2.24) is 9.21 Å². The second-order valence-corrected chi connectivity index (χ2v) is 11.7. The van der Waals surface area contributed by atoms with Crippen molar-refractivity contribution in [2.45, 2.75) is 23.8 Å². The van der Waals surface area contributed by atoms with Crippen LogP contribution in [0.2, 0.25) is 0 Å². The maximum absolute atomic E-state index is 13.5. The number of nitro groups is 1. The van der Waals surface area contributed by atoms with Gasteiger partial charge < -0.3 is 9.47 Å². The number of nitrogens with zero attached hydrogens (tertiary/aromatic N) is 3. The standard InChI is InChI=1S/C18H27N3O8S2/c1-28-17-13-15(21(22)23)3-4-18(17)31(26,27)20(16-5-12-30(24,25)14-16)7-2-6-19-8-10-29-11-9-19/h3-4,13,16H,2,5-12,14H2,1H3. The molecule has 0 spiro atoms. The van der Waals surface area contributed by atoms with E-state index in [4.69, 9.17) is 9.47 Å². The van der Waals surface area contributed by atoms with Gasteiger partial charge in [-0.1, -0.05) is 0 Å². The fraction of sp³-hybridized carbons (Fsp3) is 0.667. The van der Waals surface area contributed by atoms with Crippen LogP contribution in [0.15, 0.2) is 23.1 Å². The highest BCUT2D eigenvalue weighted by molar-refractivity contribution is 7.92. The van der Waals surface area contributed by atoms with Crippen molar-refractivity contribution in [2.24, 2.45) is 0 Å². The minimum Gasteiger partial charge on any atom is -0.495 e. The molecule has 0 radical (unpaired) electrons. The Kier molecular flexibility index (Phi) is 7.52. The fourth-order valence-corrected chi connectivity index (χ4v) is 7.54. The Morgan fingerprint density at radius 1 is 1.32 bits per heavy atom. The molecule has 3 rings (SSSR count). The van der Waals surface area contributed by atoms with Crippen molar-refractivity contribution >= 4 is 25.5 Å². The first-order valence-electron chi connectivity index (χ1n) is 9.99. The lowest BCUT2D eigenvalue weighted by Gasteiger charge is -2.30. The third-order valence-corrected chi connectivity index (χ3v) is 9.26. The van der Waals surface area contributed by atoms with Gasteiger partial charge in [0.15, 0.2) is 9.84 Å². The summed E-state index contributed by atoms with van der Waals surface area (Å²) in [6, 6.07) is 2.63. The quantitative estimate of drug-likeness (QED) is 0.368. The summed E-state index contributed by atoms with van der Waals surface area (Å²) in [5.74, 6) is -0.447. The van der Waals surface area contributed by atoms with E-state index in [1.807, 2.05) is 0 Å². The molecule has 31 heavy (non-hydrogen) atoms. The largest absolute Gasteiger partial charge is 0.495 e. The zero-order chi connectivity index (χ0) is 22.6. The first-order valence-corrected chi connectivity index (χ1v) is 13.2. The zero-order valence-corrected chi connectivity index (χ0v) is 18.9. The first-order chi connectivity index (χ1) is 14.6. The van der Waals surface area contributed by atoms with Crippen LogP contribution in [0.3, 0.4) is 0 Å². The Hall–Kier alpha value is -1.80. The van der Waals surface area contributed by atoms with Crippen LogP contribution in [0.25, 0.3) is 0 Å². The minimum absolute atomic E-state index is 0.0649. The van der Waals surface area contributed by atoms with E-state index in [0.717, 1.165) is 31.3 Å². The molecule has 0 amide bonds. The summed E-state index contributed by atoms with van der Waals surface area (Å²) in [5.41, 5.74) is -0.293. The average molecular weight is 478 g/mol. The monoisotopic (exact) mass is 477 g/mol. The van der Waals surface area contributed by atoms with E-state index in [-0.39, 0.29) is 40.8 Å². The molecule has 13 heteroatoms. The van der Waals surface area contributed by atoms with Gasteiger partial charge in [0, 0.05) is 31.7 Å². The Labute approximate surface area is 182 Å². The van der Waals surface area contributed by atoms with Crippen LogP contribution >= 0.6 is 0 Å². The van der Waals surface area contributed by atoms with Gasteiger partial charge in [0.2, 0.25) is 10.0 Å². The third kappa shape index (κ3) is 5.71. The number of methoxy groups -OCH3 is 1. The molecule has 0 bridgehead atoms. The number of benzene rings is 1. The molecule has 2 heterocycles. The highest BCUT2D eigenvalue weighted by Crippen LogP contribution is 2.33. The number of nitro benzene ring substituents is 1. The maximum atomic E-state index is 13.5. The van der Waals surface area contributed by atoms with E-state index in [1.165, 1.54) is 11.4 Å². The third-order valence-electron chi connectivity index (χ3n) is 5.52. The van der Waals surface area contributed by atoms with E-state index in [9.17, 15) is 26.9 Å². The maximum Gasteiger partial charge on any atom is 0.273 e. The van der Waals surface area contributed by atoms with Crippen LogP contribution in [0.4, 0.5) is 5.69 Å². The van der Waals surface area contributed by atoms with Gasteiger partial charge in [-0.15, -0.1) is 0 Å². The molecular formula is C18H27N3O8S2. The molecule has 2 fully saturated rings. The van der Waals surface area contributed by atoms with Crippen LogP contribution in [-0.2, 0) is 24.6 Å². The second kappa shape index (κ2) is 9.77. The molecule has 0 aliphatic carbocycles. The minimum atomic E-state index is -4.14. The van der Waals surface area contributed by atoms with Gasteiger partial charge in [0.1, 0.15) is 10.6 Å². The summed E-state index contributed by atoms with van der Waals surface area (Å²) in [6.45, 7) is 3.58. The highest BCUT2D eigenvalue weighted by atomic mass is 32.2. The molecule has 1 atom stereocenters. The SMILES string of the molecule is COc1cc([N+](=O)[O-])ccc1S(=O)(=O)N(CCCN1CCOCC1)C1CCS(=O)(=O)C1. The summed E-state index contributed by atoms with van der Waals surface area (Å²) in [5, 5.41) is 11.0. The molecule has 2 aliphatic heterocycles. The molecule has 1 aromatic carbocycles. The highest BCUT2D eigenvalue weighted by Gasteiger charge is 2.40. The number of non-ortho nitro benzene ring substituents is 1. The van der Waals surface area contributed by atoms with Gasteiger partial charge in [-0.2, -0.15) is 4.31 Å². The van der Waals surface area contributed by atoms with Crippen LogP contribution < -0.4 is 4.74 Å². The first kappa shape index (κ1) is 23.9. The van der Waals surface area contributed by atoms with Gasteiger partial charge in [0.05, 0.1) is 42.8 Å². The number of ether oxygens (including phenoxy) is 2. The normalized spacial score (nSPS) is 21.9. The van der Waals surface area contributed by atoms with Crippen molar-refractivity contribution < 1.29 is 31.2 Å². The van der Waals surface area contributed by atoms with Crippen molar-refractivity contribution in [3.63, 3.8) is 0 Å². The summed E-state index contributed by atoms with van der Waals surface area (Å²) >= 11 is 0. The van der Waals surface area contributed by atoms with E-state index in [1.54, 1.807) is 0 Å². The Bertz CT molecular complexity index is 1010. The van der Waals surface area contributed by atoms with Crippen LogP contribution in [0.5, 0.6) is 5.75 Å². The molecule has 1 aromatic rings. The number of sulfonamides is 1. The molecule has 174 valence electrons. The van der Waals surface area contributed by atoms with Crippen molar-refractivity contribution in [3.05, 3.63) is 28.3 Å². The number of sulfone groups is 1. The molecule has 0 aromatic heterocycles. The van der Waals surface area contributed by atoms with E-state index >= 15 is 0 Å². The van der Waals surface area contributed by atoms with Gasteiger partial charge in [0.25, 0.3) is 5.69 Å². The van der Waals surface area contributed by atoms with E-state index < -0.39 is 30.8 Å². The van der Waals surface area contributed by atoms with Gasteiger partial charge in [-0.3, -0.25) is 15.0 Å². The van der Waals surface area contributed by atoms with E-state index in [0.29, 0.717) is 26.2 Å². The summed E-state index contributed by atoms with van der Waals surface area (Å²) < 4.78 is 62.8. The average Bonchev–Trinajstić information content (AvgIpc) is 3.10. The van der Waals surface area contributed by atoms with Crippen LogP contribution in [-0.4, -0.2) is 95.0 Å². The summed E-state index contributed by atoms with van der Waals surface area (Å²) in [7, 11) is -6.22. The molecule has 11 nitrogen and oxygen atoms in total. The lowest BCUT2D eigenvalue weighted by molar-refractivity contribution is -0.385. The predicted octanol–water partition coefficient (Wildman–Crippen LogP) is 0.504. The van der Waals surface area contributed by atoms with Gasteiger partial charge in [-0.25, -0.2) is 16.8 Å². The molecule has 0 N–H and O–H groups in total. The Morgan fingerprint density at radius 3 is 2.61 bits per heavy atom. The lowest BCUT2D eigenvalue weighted by atomic mass is 10.2. The predicted molar refractivity (Wildman–Crippen MR) is 112 cm³/mol. The number of morpholine rings is 1. The van der Waals surface area contributed by atoms with Crippen molar-refractivity contribution in [3.8, 4) is 5.75 Å². The van der Waals surface area contributed by atoms with Gasteiger partial charge in [-0.05, 0) is 25.5 Å². The zero-order valence-electron chi connectivity index (χ0n) is 17.3.